The van der Waals surface area contributed by atoms with Crippen LogP contribution in [0.3, 0.4) is 0 Å². The summed E-state index contributed by atoms with van der Waals surface area (Å²) in [5, 5.41) is 0. The van der Waals surface area contributed by atoms with E-state index in [0.29, 0.717) is 19.1 Å². The van der Waals surface area contributed by atoms with Gasteiger partial charge >= 0.3 is 12.0 Å². The highest BCUT2D eigenvalue weighted by Gasteiger charge is 2.15. The third kappa shape index (κ3) is 4.48. The first-order chi connectivity index (χ1) is 9.81. The second kappa shape index (κ2) is 7.84. The molecule has 20 heavy (non-hydrogen) atoms. The van der Waals surface area contributed by atoms with Crippen LogP contribution < -0.4 is 20.7 Å². The van der Waals surface area contributed by atoms with Crippen LogP contribution in [0.25, 0.3) is 0 Å². The lowest BCUT2D eigenvalue weighted by molar-refractivity contribution is 0.192. The number of hydrazine groups is 1. The molecule has 2 rings (SSSR count). The van der Waals surface area contributed by atoms with E-state index in [4.69, 9.17) is 15.3 Å². The summed E-state index contributed by atoms with van der Waals surface area (Å²) in [6.07, 6.45) is 7.21. The lowest BCUT2D eigenvalue weighted by atomic mass is 9.90. The highest BCUT2D eigenvalue weighted by molar-refractivity contribution is 5.25. The number of rotatable bonds is 7. The molecule has 112 valence electrons. The Morgan fingerprint density at radius 1 is 1.10 bits per heavy atom. The molecule has 0 bridgehead atoms. The van der Waals surface area contributed by atoms with E-state index in [2.05, 4.69) is 20.4 Å². The van der Waals surface area contributed by atoms with Gasteiger partial charge in [0, 0.05) is 0 Å². The lowest BCUT2D eigenvalue weighted by Gasteiger charge is -2.21. The van der Waals surface area contributed by atoms with Crippen molar-refractivity contribution in [2.75, 3.05) is 18.6 Å². The van der Waals surface area contributed by atoms with Crippen molar-refractivity contribution < 1.29 is 9.47 Å². The number of anilines is 1. The standard InChI is InChI=1S/C13H23N5O2/c1-2-8-19-12-15-11(18-14)16-13(17-12)20-9-10-6-4-3-5-7-10/h10H,2-9,14H2,1H3,(H,15,16,17,18). The molecule has 0 saturated heterocycles. The predicted octanol–water partition coefficient (Wildman–Crippen LogP) is 1.91. The maximum Gasteiger partial charge on any atom is 0.324 e. The molecular weight excluding hydrogens is 258 g/mol. The molecule has 1 aromatic heterocycles. The Kier molecular flexibility index (Phi) is 5.79. The summed E-state index contributed by atoms with van der Waals surface area (Å²) in [7, 11) is 0. The van der Waals surface area contributed by atoms with E-state index in [1.807, 2.05) is 6.92 Å². The second-order valence-electron chi connectivity index (χ2n) is 5.03. The molecule has 0 aromatic carbocycles. The van der Waals surface area contributed by atoms with E-state index < -0.39 is 0 Å². The first kappa shape index (κ1) is 14.8. The van der Waals surface area contributed by atoms with Crippen molar-refractivity contribution in [3.05, 3.63) is 0 Å². The molecule has 3 N–H and O–H groups in total. The second-order valence-corrected chi connectivity index (χ2v) is 5.03. The van der Waals surface area contributed by atoms with Crippen molar-refractivity contribution in [3.8, 4) is 12.0 Å². The van der Waals surface area contributed by atoms with Crippen LogP contribution in [0.5, 0.6) is 12.0 Å². The van der Waals surface area contributed by atoms with Crippen molar-refractivity contribution in [2.45, 2.75) is 45.4 Å². The van der Waals surface area contributed by atoms with Crippen molar-refractivity contribution >= 4 is 5.95 Å². The molecule has 0 radical (unpaired) electrons. The normalized spacial score (nSPS) is 15.9. The number of ether oxygens (including phenoxy) is 2. The van der Waals surface area contributed by atoms with Crippen LogP contribution in [-0.2, 0) is 0 Å². The number of nitrogens with two attached hydrogens (primary N) is 1. The fourth-order valence-electron chi connectivity index (χ4n) is 2.27. The third-order valence-corrected chi connectivity index (χ3v) is 3.33. The van der Waals surface area contributed by atoms with Gasteiger partial charge in [-0.25, -0.2) is 5.84 Å². The van der Waals surface area contributed by atoms with E-state index in [1.165, 1.54) is 32.1 Å². The van der Waals surface area contributed by atoms with Crippen LogP contribution in [-0.4, -0.2) is 28.2 Å². The molecule has 1 aliphatic carbocycles. The Balaban J connectivity index is 1.94. The SMILES string of the molecule is CCCOc1nc(NN)nc(OCC2CCCCC2)n1. The van der Waals surface area contributed by atoms with E-state index in [9.17, 15) is 0 Å². The molecule has 7 nitrogen and oxygen atoms in total. The highest BCUT2D eigenvalue weighted by atomic mass is 16.5. The molecule has 0 spiro atoms. The first-order valence-corrected chi connectivity index (χ1v) is 7.30. The number of aromatic nitrogens is 3. The fourth-order valence-corrected chi connectivity index (χ4v) is 2.27. The molecule has 1 heterocycles. The zero-order valence-electron chi connectivity index (χ0n) is 12.0. The van der Waals surface area contributed by atoms with Crippen molar-refractivity contribution in [3.63, 3.8) is 0 Å². The van der Waals surface area contributed by atoms with Gasteiger partial charge in [-0.05, 0) is 25.2 Å². The summed E-state index contributed by atoms with van der Waals surface area (Å²) in [6.45, 7) is 3.21. The summed E-state index contributed by atoms with van der Waals surface area (Å²) in [5.74, 6) is 6.19. The Bertz CT molecular complexity index is 410. The van der Waals surface area contributed by atoms with Gasteiger partial charge in [-0.3, -0.25) is 5.43 Å². The van der Waals surface area contributed by atoms with E-state index in [0.717, 1.165) is 6.42 Å². The zero-order chi connectivity index (χ0) is 14.2. The number of hydrogen-bond acceptors (Lipinski definition) is 7. The number of hydrogen-bond donors (Lipinski definition) is 2. The summed E-state index contributed by atoms with van der Waals surface area (Å²) < 4.78 is 11.1. The largest absolute Gasteiger partial charge is 0.463 e. The van der Waals surface area contributed by atoms with Crippen LogP contribution in [0.2, 0.25) is 0 Å². The number of nitrogens with one attached hydrogen (secondary N) is 1. The Hall–Kier alpha value is -1.63. The fraction of sp³-hybridized carbons (Fsp3) is 0.769. The summed E-state index contributed by atoms with van der Waals surface area (Å²) in [4.78, 5) is 12.2. The lowest BCUT2D eigenvalue weighted by Crippen LogP contribution is -2.18. The number of nitrogens with zero attached hydrogens (tertiary/aromatic N) is 3. The topological polar surface area (TPSA) is 95.2 Å². The molecule has 1 aliphatic rings. The first-order valence-electron chi connectivity index (χ1n) is 7.30. The van der Waals surface area contributed by atoms with Crippen LogP contribution in [0.1, 0.15) is 45.4 Å². The molecule has 0 atom stereocenters. The van der Waals surface area contributed by atoms with Crippen LogP contribution >= 0.6 is 0 Å². The van der Waals surface area contributed by atoms with Gasteiger partial charge in [0.1, 0.15) is 0 Å². The molecule has 7 heteroatoms. The average molecular weight is 281 g/mol. The predicted molar refractivity (Wildman–Crippen MR) is 75.5 cm³/mol. The Labute approximate surface area is 119 Å². The van der Waals surface area contributed by atoms with Crippen molar-refractivity contribution in [1.29, 1.82) is 0 Å². The maximum atomic E-state index is 5.67. The van der Waals surface area contributed by atoms with Crippen molar-refractivity contribution in [2.24, 2.45) is 11.8 Å². The van der Waals surface area contributed by atoms with Gasteiger partial charge in [0.05, 0.1) is 13.2 Å². The van der Waals surface area contributed by atoms with E-state index in [1.54, 1.807) is 0 Å². The van der Waals surface area contributed by atoms with Gasteiger partial charge in [-0.1, -0.05) is 26.2 Å². The van der Waals surface area contributed by atoms with Crippen LogP contribution in [0, 0.1) is 5.92 Å². The molecule has 1 saturated carbocycles. The Morgan fingerprint density at radius 3 is 2.45 bits per heavy atom. The van der Waals surface area contributed by atoms with Crippen LogP contribution in [0.15, 0.2) is 0 Å². The van der Waals surface area contributed by atoms with Gasteiger partial charge in [0.15, 0.2) is 0 Å². The van der Waals surface area contributed by atoms with Crippen LogP contribution in [0.4, 0.5) is 5.95 Å². The number of nitrogen functional groups attached to an aromatic ring is 1. The highest BCUT2D eigenvalue weighted by Crippen LogP contribution is 2.24. The summed E-state index contributed by atoms with van der Waals surface area (Å²) in [6, 6.07) is 0.512. The smallest absolute Gasteiger partial charge is 0.324 e. The van der Waals surface area contributed by atoms with E-state index in [-0.39, 0.29) is 18.0 Å². The Morgan fingerprint density at radius 2 is 1.80 bits per heavy atom. The maximum absolute atomic E-state index is 5.67. The minimum absolute atomic E-state index is 0.244. The van der Waals surface area contributed by atoms with Gasteiger partial charge in [-0.15, -0.1) is 4.98 Å². The average Bonchev–Trinajstić information content (AvgIpc) is 2.51. The zero-order valence-corrected chi connectivity index (χ0v) is 12.0. The minimum atomic E-state index is 0.244. The summed E-state index contributed by atoms with van der Waals surface area (Å²) in [5.41, 5.74) is 2.40. The molecule has 1 fully saturated rings. The molecule has 0 unspecified atom stereocenters. The van der Waals surface area contributed by atoms with E-state index >= 15 is 0 Å². The van der Waals surface area contributed by atoms with Gasteiger partial charge < -0.3 is 9.47 Å². The van der Waals surface area contributed by atoms with Gasteiger partial charge in [0.25, 0.3) is 0 Å². The third-order valence-electron chi connectivity index (χ3n) is 3.33. The quantitative estimate of drug-likeness (QED) is 0.582. The van der Waals surface area contributed by atoms with Crippen molar-refractivity contribution in [1.82, 2.24) is 15.0 Å². The molecular formula is C13H23N5O2. The molecule has 0 amide bonds. The monoisotopic (exact) mass is 281 g/mol. The van der Waals surface area contributed by atoms with Gasteiger partial charge in [-0.2, -0.15) is 9.97 Å². The van der Waals surface area contributed by atoms with Gasteiger partial charge in [0.2, 0.25) is 5.95 Å². The summed E-state index contributed by atoms with van der Waals surface area (Å²) >= 11 is 0. The molecule has 0 aliphatic heterocycles. The minimum Gasteiger partial charge on any atom is -0.463 e. The molecule has 1 aromatic rings.